The summed E-state index contributed by atoms with van der Waals surface area (Å²) in [5.74, 6) is -0.463. The van der Waals surface area contributed by atoms with Gasteiger partial charge >= 0.3 is 0 Å². The SMILES string of the molecule is CCCCCCCC1(C2(CCCOS(=O)(=O)c3ccc(C)cc3)CC2)OCCO1. The lowest BCUT2D eigenvalue weighted by Crippen LogP contribution is -2.41. The van der Waals surface area contributed by atoms with Crippen molar-refractivity contribution in [2.75, 3.05) is 19.8 Å². The molecule has 2 fully saturated rings. The summed E-state index contributed by atoms with van der Waals surface area (Å²) in [6, 6.07) is 6.77. The zero-order valence-electron chi connectivity index (χ0n) is 18.0. The van der Waals surface area contributed by atoms with E-state index < -0.39 is 15.9 Å². The molecule has 0 amide bonds. The lowest BCUT2D eigenvalue weighted by molar-refractivity contribution is -0.214. The van der Waals surface area contributed by atoms with Crippen LogP contribution in [0.4, 0.5) is 0 Å². The fourth-order valence-electron chi connectivity index (χ4n) is 4.46. The molecule has 2 aliphatic rings. The summed E-state index contributed by atoms with van der Waals surface area (Å²) < 4.78 is 42.4. The highest BCUT2D eigenvalue weighted by Gasteiger charge is 2.61. The Hall–Kier alpha value is -0.950. The van der Waals surface area contributed by atoms with E-state index in [9.17, 15) is 8.42 Å². The predicted octanol–water partition coefficient (Wildman–Crippen LogP) is 5.36. The summed E-state index contributed by atoms with van der Waals surface area (Å²) in [6.07, 6.45) is 10.8. The van der Waals surface area contributed by atoms with Crippen LogP contribution < -0.4 is 0 Å². The third-order valence-electron chi connectivity index (χ3n) is 6.37. The smallest absolute Gasteiger partial charge is 0.296 e. The zero-order chi connectivity index (χ0) is 20.8. The minimum atomic E-state index is -3.69. The van der Waals surface area contributed by atoms with E-state index in [1.54, 1.807) is 24.3 Å². The van der Waals surface area contributed by atoms with Gasteiger partial charge in [-0.05, 0) is 51.2 Å². The average molecular weight is 425 g/mol. The quantitative estimate of drug-likeness (QED) is 0.315. The van der Waals surface area contributed by atoms with E-state index in [-0.39, 0.29) is 16.9 Å². The van der Waals surface area contributed by atoms with Gasteiger partial charge in [0, 0.05) is 11.8 Å². The van der Waals surface area contributed by atoms with E-state index in [4.69, 9.17) is 13.7 Å². The molecule has 1 aromatic rings. The van der Waals surface area contributed by atoms with Crippen LogP contribution in [-0.4, -0.2) is 34.0 Å². The van der Waals surface area contributed by atoms with Gasteiger partial charge in [-0.2, -0.15) is 8.42 Å². The van der Waals surface area contributed by atoms with Gasteiger partial charge in [0.15, 0.2) is 5.79 Å². The number of ether oxygens (including phenoxy) is 2. The number of aryl methyl sites for hydroxylation is 1. The molecule has 0 atom stereocenters. The van der Waals surface area contributed by atoms with Gasteiger partial charge in [-0.25, -0.2) is 0 Å². The van der Waals surface area contributed by atoms with Crippen molar-refractivity contribution >= 4 is 10.1 Å². The van der Waals surface area contributed by atoms with E-state index in [1.165, 1.54) is 25.7 Å². The van der Waals surface area contributed by atoms with Crippen molar-refractivity contribution in [1.29, 1.82) is 0 Å². The van der Waals surface area contributed by atoms with E-state index >= 15 is 0 Å². The molecule has 0 radical (unpaired) electrons. The number of rotatable bonds is 13. The molecule has 1 aromatic carbocycles. The molecule has 1 saturated heterocycles. The maximum atomic E-state index is 12.4. The molecular formula is C23H36O5S. The van der Waals surface area contributed by atoms with Crippen LogP contribution in [0.15, 0.2) is 29.2 Å². The summed E-state index contributed by atoms with van der Waals surface area (Å²) in [5, 5.41) is 0. The van der Waals surface area contributed by atoms with Crippen LogP contribution >= 0.6 is 0 Å². The number of benzene rings is 1. The van der Waals surface area contributed by atoms with Gasteiger partial charge in [0.05, 0.1) is 24.7 Å². The first-order chi connectivity index (χ1) is 13.9. The Kier molecular flexibility index (Phi) is 7.76. The summed E-state index contributed by atoms with van der Waals surface area (Å²) in [5.41, 5.74) is 1.06. The van der Waals surface area contributed by atoms with Gasteiger partial charge in [0.25, 0.3) is 10.1 Å². The van der Waals surface area contributed by atoms with Gasteiger partial charge in [0.1, 0.15) is 0 Å². The van der Waals surface area contributed by atoms with Crippen LogP contribution in [0.25, 0.3) is 0 Å². The first-order valence-corrected chi connectivity index (χ1v) is 12.6. The highest BCUT2D eigenvalue weighted by atomic mass is 32.2. The van der Waals surface area contributed by atoms with Crippen molar-refractivity contribution in [2.45, 2.75) is 88.7 Å². The van der Waals surface area contributed by atoms with Gasteiger partial charge < -0.3 is 9.47 Å². The molecular weight excluding hydrogens is 388 g/mol. The van der Waals surface area contributed by atoms with Crippen molar-refractivity contribution in [2.24, 2.45) is 5.41 Å². The van der Waals surface area contributed by atoms with Crippen molar-refractivity contribution < 1.29 is 22.1 Å². The Morgan fingerprint density at radius 2 is 1.59 bits per heavy atom. The average Bonchev–Trinajstić information content (AvgIpc) is 3.35. The molecule has 6 heteroatoms. The van der Waals surface area contributed by atoms with Crippen molar-refractivity contribution in [3.05, 3.63) is 29.8 Å². The molecule has 1 aliphatic carbocycles. The van der Waals surface area contributed by atoms with Gasteiger partial charge in [0.2, 0.25) is 0 Å². The molecule has 0 aromatic heterocycles. The van der Waals surface area contributed by atoms with Crippen LogP contribution in [0.5, 0.6) is 0 Å². The predicted molar refractivity (Wildman–Crippen MR) is 113 cm³/mol. The van der Waals surface area contributed by atoms with Crippen LogP contribution in [0.2, 0.25) is 0 Å². The lowest BCUT2D eigenvalue weighted by Gasteiger charge is -2.36. The topological polar surface area (TPSA) is 61.8 Å². The third kappa shape index (κ3) is 5.60. The number of hydrogen-bond donors (Lipinski definition) is 0. The van der Waals surface area contributed by atoms with Gasteiger partial charge in [-0.3, -0.25) is 4.18 Å². The first-order valence-electron chi connectivity index (χ1n) is 11.2. The molecule has 1 saturated carbocycles. The standard InChI is InChI=1S/C23H36O5S/c1-3-4-5-6-7-14-23(26-18-19-27-23)22(15-16-22)13-8-17-28-29(24,25)21-11-9-20(2)10-12-21/h9-12H,3-8,13-19H2,1-2H3. The third-order valence-corrected chi connectivity index (χ3v) is 7.70. The molecule has 1 heterocycles. The Morgan fingerprint density at radius 1 is 0.931 bits per heavy atom. The molecule has 3 rings (SSSR count). The maximum absolute atomic E-state index is 12.4. The highest BCUT2D eigenvalue weighted by Crippen LogP contribution is 2.62. The van der Waals surface area contributed by atoms with E-state index in [0.29, 0.717) is 19.6 Å². The second-order valence-electron chi connectivity index (χ2n) is 8.59. The molecule has 0 unspecified atom stereocenters. The normalized spacial score (nSPS) is 20.1. The Bertz CT molecular complexity index is 731. The van der Waals surface area contributed by atoms with E-state index in [1.807, 2.05) is 6.92 Å². The largest absolute Gasteiger partial charge is 0.347 e. The maximum Gasteiger partial charge on any atom is 0.296 e. The van der Waals surface area contributed by atoms with E-state index in [0.717, 1.165) is 37.7 Å². The fraction of sp³-hybridized carbons (Fsp3) is 0.739. The fourth-order valence-corrected chi connectivity index (χ4v) is 5.40. The highest BCUT2D eigenvalue weighted by molar-refractivity contribution is 7.86. The minimum absolute atomic E-state index is 0.0330. The minimum Gasteiger partial charge on any atom is -0.347 e. The second kappa shape index (κ2) is 9.90. The van der Waals surface area contributed by atoms with Crippen LogP contribution in [-0.2, 0) is 23.8 Å². The molecule has 1 aliphatic heterocycles. The summed E-state index contributed by atoms with van der Waals surface area (Å²) in [7, 11) is -3.69. The Balaban J connectivity index is 1.49. The summed E-state index contributed by atoms with van der Waals surface area (Å²) in [4.78, 5) is 0.218. The van der Waals surface area contributed by atoms with Crippen LogP contribution in [0.1, 0.15) is 76.7 Å². The first kappa shape index (κ1) is 22.7. The Labute approximate surface area is 176 Å². The Morgan fingerprint density at radius 3 is 2.21 bits per heavy atom. The monoisotopic (exact) mass is 424 g/mol. The van der Waals surface area contributed by atoms with Crippen molar-refractivity contribution in [3.8, 4) is 0 Å². The van der Waals surface area contributed by atoms with Crippen molar-refractivity contribution in [3.63, 3.8) is 0 Å². The van der Waals surface area contributed by atoms with Gasteiger partial charge in [-0.1, -0.05) is 50.3 Å². The van der Waals surface area contributed by atoms with Gasteiger partial charge in [-0.15, -0.1) is 0 Å². The lowest BCUT2D eigenvalue weighted by atomic mass is 9.86. The molecule has 29 heavy (non-hydrogen) atoms. The van der Waals surface area contributed by atoms with Crippen molar-refractivity contribution in [1.82, 2.24) is 0 Å². The van der Waals surface area contributed by atoms with E-state index in [2.05, 4.69) is 6.92 Å². The number of unbranched alkanes of at least 4 members (excludes halogenated alkanes) is 4. The van der Waals surface area contributed by atoms with Crippen LogP contribution in [0, 0.1) is 12.3 Å². The summed E-state index contributed by atoms with van der Waals surface area (Å²) in [6.45, 7) is 5.68. The zero-order valence-corrected chi connectivity index (χ0v) is 18.8. The summed E-state index contributed by atoms with van der Waals surface area (Å²) >= 11 is 0. The molecule has 164 valence electrons. The second-order valence-corrected chi connectivity index (χ2v) is 10.2. The molecule has 5 nitrogen and oxygen atoms in total. The molecule has 0 spiro atoms. The molecule has 0 bridgehead atoms. The molecule has 0 N–H and O–H groups in total. The number of hydrogen-bond acceptors (Lipinski definition) is 5. The van der Waals surface area contributed by atoms with Crippen LogP contribution in [0.3, 0.4) is 0 Å².